The van der Waals surface area contributed by atoms with E-state index in [1.54, 1.807) is 20.8 Å². The van der Waals surface area contributed by atoms with Gasteiger partial charge in [-0.3, -0.25) is 14.9 Å². The molecule has 1 aliphatic rings. The average molecular weight is 413 g/mol. The Morgan fingerprint density at radius 3 is 2.68 bits per heavy atom. The number of sulfonamides is 1. The number of hydrogen-bond acceptors (Lipinski definition) is 7. The van der Waals surface area contributed by atoms with Crippen molar-refractivity contribution >= 4 is 21.7 Å². The van der Waals surface area contributed by atoms with Crippen LogP contribution in [0.3, 0.4) is 0 Å². The van der Waals surface area contributed by atoms with Crippen LogP contribution in [0.2, 0.25) is 0 Å². The topological polar surface area (TPSA) is 119 Å². The minimum atomic E-state index is -3.96. The van der Waals surface area contributed by atoms with E-state index in [2.05, 4.69) is 5.32 Å². The van der Waals surface area contributed by atoms with Crippen molar-refractivity contribution in [3.05, 3.63) is 34.4 Å². The summed E-state index contributed by atoms with van der Waals surface area (Å²) in [5, 5.41) is 14.2. The van der Waals surface area contributed by atoms with E-state index in [9.17, 15) is 23.3 Å². The van der Waals surface area contributed by atoms with Gasteiger partial charge in [0.05, 0.1) is 11.5 Å². The Labute approximate surface area is 165 Å². The van der Waals surface area contributed by atoms with Crippen LogP contribution < -0.4 is 5.32 Å². The van der Waals surface area contributed by atoms with E-state index < -0.39 is 26.2 Å². The summed E-state index contributed by atoms with van der Waals surface area (Å²) >= 11 is 0. The van der Waals surface area contributed by atoms with Crippen molar-refractivity contribution < 1.29 is 22.9 Å². The number of carbonyl (C=O) groups is 1. The van der Waals surface area contributed by atoms with Crippen molar-refractivity contribution in [3.8, 4) is 0 Å². The Morgan fingerprint density at radius 2 is 2.04 bits per heavy atom. The fraction of sp³-hybridized carbons (Fsp3) is 0.611. The third kappa shape index (κ3) is 5.98. The van der Waals surface area contributed by atoms with Crippen LogP contribution in [-0.2, 0) is 19.6 Å². The van der Waals surface area contributed by atoms with E-state index in [1.165, 1.54) is 28.6 Å². The number of nitro benzene ring substituents is 1. The van der Waals surface area contributed by atoms with Crippen molar-refractivity contribution in [2.75, 3.05) is 26.2 Å². The highest BCUT2D eigenvalue weighted by Crippen LogP contribution is 2.29. The molecule has 1 saturated heterocycles. The molecule has 2 rings (SSSR count). The molecule has 0 radical (unpaired) electrons. The molecule has 0 spiro atoms. The van der Waals surface area contributed by atoms with Gasteiger partial charge in [-0.05, 0) is 52.1 Å². The standard InChI is InChI=1S/C18H27N3O6S/c1-18(2,3)27-17(22)12-19-11-14-7-6-10-20(13-14)28(25,26)16-9-5-4-8-15(16)21(23)24/h4-5,8-9,14,19H,6-7,10-13H2,1-3H3. The molecule has 156 valence electrons. The highest BCUT2D eigenvalue weighted by atomic mass is 32.2. The highest BCUT2D eigenvalue weighted by molar-refractivity contribution is 7.89. The van der Waals surface area contributed by atoms with Gasteiger partial charge in [-0.15, -0.1) is 0 Å². The summed E-state index contributed by atoms with van der Waals surface area (Å²) in [6.45, 7) is 6.44. The predicted molar refractivity (Wildman–Crippen MR) is 103 cm³/mol. The van der Waals surface area contributed by atoms with E-state index in [0.717, 1.165) is 6.42 Å². The van der Waals surface area contributed by atoms with Crippen LogP contribution in [0, 0.1) is 16.0 Å². The quantitative estimate of drug-likeness (QED) is 0.412. The van der Waals surface area contributed by atoms with Crippen LogP contribution >= 0.6 is 0 Å². The molecule has 10 heteroatoms. The monoisotopic (exact) mass is 413 g/mol. The van der Waals surface area contributed by atoms with Crippen molar-refractivity contribution in [3.63, 3.8) is 0 Å². The zero-order valence-electron chi connectivity index (χ0n) is 16.4. The van der Waals surface area contributed by atoms with Gasteiger partial charge in [-0.25, -0.2) is 8.42 Å². The van der Waals surface area contributed by atoms with Gasteiger partial charge in [-0.1, -0.05) is 12.1 Å². The molecule has 1 aromatic carbocycles. The van der Waals surface area contributed by atoms with Crippen LogP contribution in [-0.4, -0.2) is 55.4 Å². The molecule has 0 saturated carbocycles. The lowest BCUT2D eigenvalue weighted by molar-refractivity contribution is -0.387. The summed E-state index contributed by atoms with van der Waals surface area (Å²) < 4.78 is 32.4. The molecule has 9 nitrogen and oxygen atoms in total. The number of nitrogens with one attached hydrogen (secondary N) is 1. The maximum Gasteiger partial charge on any atom is 0.320 e. The summed E-state index contributed by atoms with van der Waals surface area (Å²) in [4.78, 5) is 22.0. The van der Waals surface area contributed by atoms with Crippen molar-refractivity contribution in [2.24, 2.45) is 5.92 Å². The Bertz CT molecular complexity index is 819. The largest absolute Gasteiger partial charge is 0.459 e. The number of piperidine rings is 1. The minimum absolute atomic E-state index is 0.00808. The molecular formula is C18H27N3O6S. The Kier molecular flexibility index (Phi) is 7.13. The summed E-state index contributed by atoms with van der Waals surface area (Å²) in [7, 11) is -3.96. The van der Waals surface area contributed by atoms with Gasteiger partial charge in [0.15, 0.2) is 4.90 Å². The van der Waals surface area contributed by atoms with E-state index in [0.29, 0.717) is 19.5 Å². The summed E-state index contributed by atoms with van der Waals surface area (Å²) in [6.07, 6.45) is 1.46. The lowest BCUT2D eigenvalue weighted by Gasteiger charge is -2.32. The molecule has 1 N–H and O–H groups in total. The number of nitro groups is 1. The number of para-hydroxylation sites is 1. The van der Waals surface area contributed by atoms with Gasteiger partial charge in [0.2, 0.25) is 10.0 Å². The molecule has 1 atom stereocenters. The maximum absolute atomic E-state index is 12.9. The van der Waals surface area contributed by atoms with E-state index in [-0.39, 0.29) is 29.9 Å². The van der Waals surface area contributed by atoms with Gasteiger partial charge in [0, 0.05) is 19.2 Å². The lowest BCUT2D eigenvalue weighted by atomic mass is 10.00. The molecule has 1 aromatic rings. The van der Waals surface area contributed by atoms with Gasteiger partial charge in [0.1, 0.15) is 5.60 Å². The molecule has 1 fully saturated rings. The number of ether oxygens (including phenoxy) is 1. The van der Waals surface area contributed by atoms with Crippen molar-refractivity contribution in [1.29, 1.82) is 0 Å². The predicted octanol–water partition coefficient (Wildman–Crippen LogP) is 1.93. The Hall–Kier alpha value is -2.04. The first-order chi connectivity index (χ1) is 13.0. The fourth-order valence-corrected chi connectivity index (χ4v) is 4.85. The lowest BCUT2D eigenvalue weighted by Crippen LogP contribution is -2.43. The summed E-state index contributed by atoms with van der Waals surface area (Å²) in [5.74, 6) is -0.360. The first-order valence-electron chi connectivity index (χ1n) is 9.17. The van der Waals surface area contributed by atoms with Crippen LogP contribution in [0.15, 0.2) is 29.2 Å². The summed E-state index contributed by atoms with van der Waals surface area (Å²) in [6, 6.07) is 5.37. The van der Waals surface area contributed by atoms with E-state index in [4.69, 9.17) is 4.74 Å². The number of hydrogen-bond donors (Lipinski definition) is 1. The number of rotatable bonds is 7. The van der Waals surface area contributed by atoms with Gasteiger partial charge in [-0.2, -0.15) is 4.31 Å². The number of carbonyl (C=O) groups excluding carboxylic acids is 1. The zero-order valence-corrected chi connectivity index (χ0v) is 17.2. The smallest absolute Gasteiger partial charge is 0.320 e. The number of esters is 1. The van der Waals surface area contributed by atoms with Gasteiger partial charge < -0.3 is 10.1 Å². The molecule has 1 unspecified atom stereocenters. The van der Waals surface area contributed by atoms with Gasteiger partial charge in [0.25, 0.3) is 5.69 Å². The highest BCUT2D eigenvalue weighted by Gasteiger charge is 2.34. The van der Waals surface area contributed by atoms with Crippen LogP contribution in [0.4, 0.5) is 5.69 Å². The number of benzene rings is 1. The molecule has 1 heterocycles. The minimum Gasteiger partial charge on any atom is -0.459 e. The molecular weight excluding hydrogens is 386 g/mol. The van der Waals surface area contributed by atoms with Crippen molar-refractivity contribution in [1.82, 2.24) is 9.62 Å². The second-order valence-corrected chi connectivity index (χ2v) is 9.72. The van der Waals surface area contributed by atoms with Crippen LogP contribution in [0.25, 0.3) is 0 Å². The third-order valence-electron chi connectivity index (χ3n) is 4.28. The van der Waals surface area contributed by atoms with Crippen LogP contribution in [0.5, 0.6) is 0 Å². The molecule has 0 bridgehead atoms. The second kappa shape index (κ2) is 8.97. The van der Waals surface area contributed by atoms with E-state index >= 15 is 0 Å². The molecule has 0 aliphatic carbocycles. The fourth-order valence-electron chi connectivity index (χ4n) is 3.13. The zero-order chi connectivity index (χ0) is 20.9. The molecule has 1 aliphatic heterocycles. The summed E-state index contributed by atoms with van der Waals surface area (Å²) in [5.41, 5.74) is -0.980. The Morgan fingerprint density at radius 1 is 1.36 bits per heavy atom. The SMILES string of the molecule is CC(C)(C)OC(=O)CNCC1CCCN(S(=O)(=O)c2ccccc2[N+](=O)[O-])C1. The molecule has 0 amide bonds. The molecule has 0 aromatic heterocycles. The normalized spacial score (nSPS) is 18.6. The average Bonchev–Trinajstić information content (AvgIpc) is 2.60. The first-order valence-corrected chi connectivity index (χ1v) is 10.6. The number of nitrogens with zero attached hydrogens (tertiary/aromatic N) is 2. The van der Waals surface area contributed by atoms with Crippen LogP contribution in [0.1, 0.15) is 33.6 Å². The third-order valence-corrected chi connectivity index (χ3v) is 6.20. The Balaban J connectivity index is 1.99. The maximum atomic E-state index is 12.9. The first kappa shape index (κ1) is 22.3. The second-order valence-electron chi connectivity index (χ2n) is 7.81. The van der Waals surface area contributed by atoms with Crippen molar-refractivity contribution in [2.45, 2.75) is 44.1 Å². The molecule has 28 heavy (non-hydrogen) atoms. The van der Waals surface area contributed by atoms with E-state index in [1.807, 2.05) is 0 Å². The van der Waals surface area contributed by atoms with Gasteiger partial charge >= 0.3 is 5.97 Å².